The van der Waals surface area contributed by atoms with Gasteiger partial charge < -0.3 is 15.2 Å². The molecule has 1 aliphatic heterocycles. The van der Waals surface area contributed by atoms with E-state index in [1.807, 2.05) is 0 Å². The van der Waals surface area contributed by atoms with Crippen molar-refractivity contribution < 1.29 is 19.4 Å². The Morgan fingerprint density at radius 3 is 2.90 bits per heavy atom. The number of carbonyl (C=O) groups excluding carboxylic acids is 1. The largest absolute Gasteiger partial charge is 0.482 e. The summed E-state index contributed by atoms with van der Waals surface area (Å²) >= 11 is 0. The highest BCUT2D eigenvalue weighted by Crippen LogP contribution is 2.32. The summed E-state index contributed by atoms with van der Waals surface area (Å²) in [7, 11) is 0. The van der Waals surface area contributed by atoms with Crippen molar-refractivity contribution in [3.8, 4) is 17.0 Å². The van der Waals surface area contributed by atoms with Crippen LogP contribution in [-0.2, 0) is 4.79 Å². The number of benzene rings is 1. The van der Waals surface area contributed by atoms with Crippen LogP contribution in [0.2, 0.25) is 0 Å². The number of carboxylic acid groups (broad SMARTS) is 1. The summed E-state index contributed by atoms with van der Waals surface area (Å²) in [5.41, 5.74) is 1.12. The molecule has 1 aromatic heterocycles. The minimum Gasteiger partial charge on any atom is -0.482 e. The van der Waals surface area contributed by atoms with E-state index in [1.165, 1.54) is 12.4 Å². The minimum absolute atomic E-state index is 0.0299. The second-order valence-corrected chi connectivity index (χ2v) is 4.11. The van der Waals surface area contributed by atoms with Crippen molar-refractivity contribution in [2.75, 3.05) is 11.9 Å². The summed E-state index contributed by atoms with van der Waals surface area (Å²) in [5, 5.41) is 11.8. The predicted molar refractivity (Wildman–Crippen MR) is 68.6 cm³/mol. The molecule has 3 rings (SSSR count). The van der Waals surface area contributed by atoms with Crippen LogP contribution in [-0.4, -0.2) is 33.6 Å². The molecule has 2 aromatic rings. The number of aromatic carboxylic acids is 1. The first-order valence-corrected chi connectivity index (χ1v) is 5.76. The number of fused-ring (bicyclic) bond motifs is 1. The van der Waals surface area contributed by atoms with Gasteiger partial charge in [-0.15, -0.1) is 0 Å². The predicted octanol–water partition coefficient (Wildman–Crippen LogP) is 1.17. The molecule has 0 bridgehead atoms. The number of rotatable bonds is 2. The van der Waals surface area contributed by atoms with Gasteiger partial charge in [0, 0.05) is 18.0 Å². The maximum Gasteiger partial charge on any atom is 0.356 e. The Kier molecular flexibility index (Phi) is 2.79. The first-order valence-electron chi connectivity index (χ1n) is 5.76. The molecule has 0 radical (unpaired) electrons. The lowest BCUT2D eigenvalue weighted by Gasteiger charge is -2.18. The van der Waals surface area contributed by atoms with Gasteiger partial charge >= 0.3 is 5.97 Å². The molecular weight excluding hydrogens is 262 g/mol. The third kappa shape index (κ3) is 2.05. The van der Waals surface area contributed by atoms with E-state index in [4.69, 9.17) is 9.84 Å². The third-order valence-corrected chi connectivity index (χ3v) is 2.79. The number of nitrogens with zero attached hydrogens (tertiary/aromatic N) is 2. The Morgan fingerprint density at radius 1 is 1.30 bits per heavy atom. The molecule has 0 fully saturated rings. The maximum atomic E-state index is 11.3. The molecule has 1 aliphatic rings. The average Bonchev–Trinajstić information content (AvgIpc) is 2.46. The maximum absolute atomic E-state index is 11.3. The first kappa shape index (κ1) is 12.1. The molecule has 0 atom stereocenters. The Hall–Kier alpha value is -2.96. The van der Waals surface area contributed by atoms with E-state index in [9.17, 15) is 9.59 Å². The summed E-state index contributed by atoms with van der Waals surface area (Å²) in [6.45, 7) is -0.0299. The standard InChI is InChI=1S/C13H9N3O4/c17-10-6-20-9-2-1-7(5-8(9)16-10)11-12(13(18)19)15-4-3-14-11/h1-5H,6H2,(H,16,17)(H,18,19). The zero-order valence-electron chi connectivity index (χ0n) is 10.2. The SMILES string of the molecule is O=C1COc2ccc(-c3nccnc3C(=O)O)cc2N1. The monoisotopic (exact) mass is 271 g/mol. The number of ether oxygens (including phenoxy) is 1. The molecule has 2 N–H and O–H groups in total. The number of aromatic nitrogens is 2. The molecule has 1 amide bonds. The Balaban J connectivity index is 2.10. The van der Waals surface area contributed by atoms with Gasteiger partial charge in [0.05, 0.1) is 5.69 Å². The first-order chi connectivity index (χ1) is 9.65. The molecule has 0 saturated carbocycles. The molecule has 2 heterocycles. The van der Waals surface area contributed by atoms with Crippen LogP contribution in [0.1, 0.15) is 10.5 Å². The van der Waals surface area contributed by atoms with E-state index in [2.05, 4.69) is 15.3 Å². The Bertz CT molecular complexity index is 715. The highest BCUT2D eigenvalue weighted by atomic mass is 16.5. The topological polar surface area (TPSA) is 101 Å². The number of hydrogen-bond donors (Lipinski definition) is 2. The van der Waals surface area contributed by atoms with Gasteiger partial charge in [0.25, 0.3) is 5.91 Å². The second kappa shape index (κ2) is 4.61. The van der Waals surface area contributed by atoms with Crippen molar-refractivity contribution in [2.24, 2.45) is 0 Å². The van der Waals surface area contributed by atoms with Crippen LogP contribution in [0, 0.1) is 0 Å². The summed E-state index contributed by atoms with van der Waals surface area (Å²) in [6, 6.07) is 4.94. The molecule has 7 nitrogen and oxygen atoms in total. The highest BCUT2D eigenvalue weighted by Gasteiger charge is 2.19. The second-order valence-electron chi connectivity index (χ2n) is 4.11. The van der Waals surface area contributed by atoms with Crippen molar-refractivity contribution >= 4 is 17.6 Å². The van der Waals surface area contributed by atoms with Gasteiger partial charge in [0.15, 0.2) is 12.3 Å². The summed E-state index contributed by atoms with van der Waals surface area (Å²) in [4.78, 5) is 30.3. The van der Waals surface area contributed by atoms with Crippen LogP contribution < -0.4 is 10.1 Å². The number of amides is 1. The molecule has 20 heavy (non-hydrogen) atoms. The average molecular weight is 271 g/mol. The fourth-order valence-electron chi connectivity index (χ4n) is 1.94. The lowest BCUT2D eigenvalue weighted by molar-refractivity contribution is -0.118. The molecule has 100 valence electrons. The van der Waals surface area contributed by atoms with E-state index in [-0.39, 0.29) is 23.9 Å². The van der Waals surface area contributed by atoms with Crippen molar-refractivity contribution in [2.45, 2.75) is 0 Å². The van der Waals surface area contributed by atoms with Gasteiger partial charge in [-0.2, -0.15) is 0 Å². The van der Waals surface area contributed by atoms with Crippen LogP contribution in [0.4, 0.5) is 5.69 Å². The van der Waals surface area contributed by atoms with Gasteiger partial charge in [0.1, 0.15) is 11.4 Å². The molecule has 0 unspecified atom stereocenters. The number of carbonyl (C=O) groups is 2. The van der Waals surface area contributed by atoms with Gasteiger partial charge in [-0.05, 0) is 18.2 Å². The van der Waals surface area contributed by atoms with E-state index < -0.39 is 5.97 Å². The minimum atomic E-state index is -1.16. The van der Waals surface area contributed by atoms with Gasteiger partial charge in [0.2, 0.25) is 0 Å². The molecule has 0 saturated heterocycles. The Labute approximate surface area is 113 Å². The summed E-state index contributed by atoms with van der Waals surface area (Å²) < 4.78 is 5.24. The number of hydrogen-bond acceptors (Lipinski definition) is 5. The highest BCUT2D eigenvalue weighted by molar-refractivity contribution is 5.97. The van der Waals surface area contributed by atoms with Gasteiger partial charge in [-0.1, -0.05) is 0 Å². The van der Waals surface area contributed by atoms with E-state index in [0.717, 1.165) is 0 Å². The molecule has 1 aromatic carbocycles. The quantitative estimate of drug-likeness (QED) is 0.850. The van der Waals surface area contributed by atoms with Gasteiger partial charge in [-0.25, -0.2) is 9.78 Å². The molecular formula is C13H9N3O4. The number of anilines is 1. The smallest absolute Gasteiger partial charge is 0.356 e. The molecule has 0 aliphatic carbocycles. The number of nitrogens with one attached hydrogen (secondary N) is 1. The lowest BCUT2D eigenvalue weighted by Crippen LogP contribution is -2.25. The lowest BCUT2D eigenvalue weighted by atomic mass is 10.1. The summed E-state index contributed by atoms with van der Waals surface area (Å²) in [5.74, 6) is -0.882. The van der Waals surface area contributed by atoms with Crippen LogP contribution in [0.15, 0.2) is 30.6 Å². The van der Waals surface area contributed by atoms with E-state index in [0.29, 0.717) is 17.0 Å². The fraction of sp³-hybridized carbons (Fsp3) is 0.0769. The zero-order chi connectivity index (χ0) is 14.1. The van der Waals surface area contributed by atoms with Crippen molar-refractivity contribution in [1.82, 2.24) is 9.97 Å². The Morgan fingerprint density at radius 2 is 2.10 bits per heavy atom. The van der Waals surface area contributed by atoms with Crippen molar-refractivity contribution in [3.63, 3.8) is 0 Å². The normalized spacial score (nSPS) is 13.1. The zero-order valence-corrected chi connectivity index (χ0v) is 10.2. The van der Waals surface area contributed by atoms with Crippen molar-refractivity contribution in [3.05, 3.63) is 36.3 Å². The van der Waals surface area contributed by atoms with E-state index in [1.54, 1.807) is 18.2 Å². The number of carboxylic acids is 1. The van der Waals surface area contributed by atoms with Gasteiger partial charge in [-0.3, -0.25) is 9.78 Å². The van der Waals surface area contributed by atoms with Crippen LogP contribution >= 0.6 is 0 Å². The van der Waals surface area contributed by atoms with Crippen LogP contribution in [0.3, 0.4) is 0 Å². The molecule has 7 heteroatoms. The van der Waals surface area contributed by atoms with Crippen LogP contribution in [0.5, 0.6) is 5.75 Å². The third-order valence-electron chi connectivity index (χ3n) is 2.79. The van der Waals surface area contributed by atoms with Crippen LogP contribution in [0.25, 0.3) is 11.3 Å². The van der Waals surface area contributed by atoms with E-state index >= 15 is 0 Å². The molecule has 0 spiro atoms. The summed E-state index contributed by atoms with van der Waals surface area (Å²) in [6.07, 6.45) is 2.73. The fourth-order valence-corrected chi connectivity index (χ4v) is 1.94. The van der Waals surface area contributed by atoms with Crippen molar-refractivity contribution in [1.29, 1.82) is 0 Å².